The molecule has 1 aliphatic rings. The molecule has 2 unspecified atom stereocenters. The van der Waals surface area contributed by atoms with Gasteiger partial charge in [-0.25, -0.2) is 4.79 Å². The molecule has 0 N–H and O–H groups in total. The van der Waals surface area contributed by atoms with Gasteiger partial charge in [-0.2, -0.15) is 0 Å². The van der Waals surface area contributed by atoms with Crippen LogP contribution in [0.4, 0.5) is 0 Å². The molecule has 0 radical (unpaired) electrons. The number of hydrogen-bond acceptors (Lipinski definition) is 4. The molecule has 0 spiro atoms. The fourth-order valence-electron chi connectivity index (χ4n) is 4.15. The molecule has 0 bridgehead atoms. The summed E-state index contributed by atoms with van der Waals surface area (Å²) < 4.78 is 5.47. The van der Waals surface area contributed by atoms with Crippen LogP contribution in [0.1, 0.15) is 61.6 Å². The smallest absolute Gasteiger partial charge is 0.339 e. The molecular formula is C22H28N2O3. The molecular weight excluding hydrogens is 340 g/mol. The van der Waals surface area contributed by atoms with E-state index < -0.39 is 5.97 Å². The van der Waals surface area contributed by atoms with Crippen LogP contribution in [0.5, 0.6) is 0 Å². The first kappa shape index (κ1) is 19.3. The molecule has 5 heteroatoms. The number of likely N-dealkylation sites (tertiary alicyclic amines) is 1. The quantitative estimate of drug-likeness (QED) is 0.764. The number of aryl methyl sites for hydroxylation is 1. The second-order valence-electron chi connectivity index (χ2n) is 7.44. The van der Waals surface area contributed by atoms with Gasteiger partial charge in [0.15, 0.2) is 6.61 Å². The van der Waals surface area contributed by atoms with Crippen LogP contribution in [0.15, 0.2) is 24.3 Å². The predicted molar refractivity (Wildman–Crippen MR) is 106 cm³/mol. The molecule has 1 saturated heterocycles. The zero-order chi connectivity index (χ0) is 19.6. The number of fused-ring (bicyclic) bond motifs is 1. The highest BCUT2D eigenvalue weighted by molar-refractivity contribution is 6.05. The number of carbonyl (C=O) groups is 2. The molecule has 0 aliphatic carbocycles. The first-order valence-corrected chi connectivity index (χ1v) is 9.80. The standard InChI is InChI=1S/C22H28N2O3/c1-5-18-16(4)21(17-11-6-7-12-19(17)23-18)22(26)27-13-20(25)24-14(2)9-8-10-15(24)3/h6-7,11-12,14-15H,5,8-10,13H2,1-4H3. The maximum absolute atomic E-state index is 12.9. The van der Waals surface area contributed by atoms with Crippen molar-refractivity contribution in [3.8, 4) is 0 Å². The lowest BCUT2D eigenvalue weighted by molar-refractivity contribution is -0.140. The van der Waals surface area contributed by atoms with Gasteiger partial charge in [-0.1, -0.05) is 25.1 Å². The van der Waals surface area contributed by atoms with Gasteiger partial charge in [0.25, 0.3) is 5.91 Å². The molecule has 1 fully saturated rings. The van der Waals surface area contributed by atoms with Crippen LogP contribution in [0.3, 0.4) is 0 Å². The fourth-order valence-corrected chi connectivity index (χ4v) is 4.15. The lowest BCUT2D eigenvalue weighted by Crippen LogP contribution is -2.49. The van der Waals surface area contributed by atoms with Crippen LogP contribution in [-0.2, 0) is 16.0 Å². The number of hydrogen-bond donors (Lipinski definition) is 0. The molecule has 27 heavy (non-hydrogen) atoms. The molecule has 0 saturated carbocycles. The summed E-state index contributed by atoms with van der Waals surface area (Å²) in [4.78, 5) is 32.0. The summed E-state index contributed by atoms with van der Waals surface area (Å²) in [5.41, 5.74) is 3.00. The number of nitrogens with zero attached hydrogens (tertiary/aromatic N) is 2. The van der Waals surface area contributed by atoms with Gasteiger partial charge < -0.3 is 9.64 Å². The third-order valence-corrected chi connectivity index (χ3v) is 5.58. The average molecular weight is 368 g/mol. The Labute approximate surface area is 160 Å². The van der Waals surface area contributed by atoms with Gasteiger partial charge in [0.05, 0.1) is 11.1 Å². The van der Waals surface area contributed by atoms with E-state index in [1.54, 1.807) is 0 Å². The van der Waals surface area contributed by atoms with E-state index in [1.165, 1.54) is 0 Å². The van der Waals surface area contributed by atoms with E-state index in [0.717, 1.165) is 47.8 Å². The number of esters is 1. The van der Waals surface area contributed by atoms with Gasteiger partial charge in [0, 0.05) is 23.2 Å². The maximum atomic E-state index is 12.9. The topological polar surface area (TPSA) is 59.5 Å². The number of amides is 1. The molecule has 3 rings (SSSR count). The molecule has 2 atom stereocenters. The van der Waals surface area contributed by atoms with E-state index in [4.69, 9.17) is 4.74 Å². The van der Waals surface area contributed by atoms with Crippen LogP contribution < -0.4 is 0 Å². The predicted octanol–water partition coefficient (Wildman–Crippen LogP) is 4.05. The third kappa shape index (κ3) is 3.82. The van der Waals surface area contributed by atoms with Gasteiger partial charge in [-0.15, -0.1) is 0 Å². The Morgan fingerprint density at radius 3 is 2.52 bits per heavy atom. The van der Waals surface area contributed by atoms with E-state index in [2.05, 4.69) is 18.8 Å². The first-order valence-electron chi connectivity index (χ1n) is 9.80. The largest absolute Gasteiger partial charge is 0.452 e. The second-order valence-corrected chi connectivity index (χ2v) is 7.44. The Morgan fingerprint density at radius 1 is 1.19 bits per heavy atom. The Balaban J connectivity index is 1.82. The number of rotatable bonds is 4. The second kappa shape index (κ2) is 8.07. The molecule has 2 heterocycles. The summed E-state index contributed by atoms with van der Waals surface area (Å²) in [7, 11) is 0. The number of pyridine rings is 1. The van der Waals surface area contributed by atoms with Gasteiger partial charge in [-0.05, 0) is 58.1 Å². The van der Waals surface area contributed by atoms with Gasteiger partial charge in [-0.3, -0.25) is 9.78 Å². The molecule has 1 aromatic heterocycles. The summed E-state index contributed by atoms with van der Waals surface area (Å²) in [6.45, 7) is 7.81. The summed E-state index contributed by atoms with van der Waals surface area (Å²) in [6, 6.07) is 7.94. The van der Waals surface area contributed by atoms with Crippen molar-refractivity contribution in [2.24, 2.45) is 0 Å². The van der Waals surface area contributed by atoms with Crippen LogP contribution in [0.25, 0.3) is 10.9 Å². The Bertz CT molecular complexity index is 852. The van der Waals surface area contributed by atoms with E-state index in [0.29, 0.717) is 5.56 Å². The molecule has 5 nitrogen and oxygen atoms in total. The number of benzene rings is 1. The number of aromatic nitrogens is 1. The minimum Gasteiger partial charge on any atom is -0.452 e. The maximum Gasteiger partial charge on any atom is 0.339 e. The monoisotopic (exact) mass is 368 g/mol. The van der Waals surface area contributed by atoms with Crippen molar-refractivity contribution in [2.75, 3.05) is 6.61 Å². The van der Waals surface area contributed by atoms with Crippen molar-refractivity contribution in [3.63, 3.8) is 0 Å². The third-order valence-electron chi connectivity index (χ3n) is 5.58. The highest BCUT2D eigenvalue weighted by Crippen LogP contribution is 2.25. The van der Waals surface area contributed by atoms with Crippen LogP contribution in [0, 0.1) is 6.92 Å². The van der Waals surface area contributed by atoms with E-state index >= 15 is 0 Å². The minimum atomic E-state index is -0.452. The normalized spacial score (nSPS) is 19.9. The number of carbonyl (C=O) groups excluding carboxylic acids is 2. The number of ether oxygens (including phenoxy) is 1. The van der Waals surface area contributed by atoms with Crippen molar-refractivity contribution in [2.45, 2.75) is 65.5 Å². The van der Waals surface area contributed by atoms with Crippen molar-refractivity contribution in [1.29, 1.82) is 0 Å². The van der Waals surface area contributed by atoms with Crippen LogP contribution in [0.2, 0.25) is 0 Å². The SMILES string of the molecule is CCc1nc2ccccc2c(C(=O)OCC(=O)N2C(C)CCCC2C)c1C. The molecule has 2 aromatic rings. The Hall–Kier alpha value is -2.43. The molecule has 1 aliphatic heterocycles. The summed E-state index contributed by atoms with van der Waals surface area (Å²) >= 11 is 0. The Kier molecular flexibility index (Phi) is 5.78. The molecule has 1 aromatic carbocycles. The van der Waals surface area contributed by atoms with Gasteiger partial charge in [0.2, 0.25) is 0 Å². The van der Waals surface area contributed by atoms with Crippen LogP contribution >= 0.6 is 0 Å². The van der Waals surface area contributed by atoms with Gasteiger partial charge in [0.1, 0.15) is 0 Å². The highest BCUT2D eigenvalue weighted by atomic mass is 16.5. The lowest BCUT2D eigenvalue weighted by Gasteiger charge is -2.38. The van der Waals surface area contributed by atoms with E-state index in [9.17, 15) is 9.59 Å². The number of para-hydroxylation sites is 1. The highest BCUT2D eigenvalue weighted by Gasteiger charge is 2.30. The zero-order valence-corrected chi connectivity index (χ0v) is 16.6. The fraction of sp³-hybridized carbons (Fsp3) is 0.500. The molecule has 1 amide bonds. The summed E-state index contributed by atoms with van der Waals surface area (Å²) in [5, 5.41) is 0.768. The van der Waals surface area contributed by atoms with Crippen LogP contribution in [-0.4, -0.2) is 40.5 Å². The summed E-state index contributed by atoms with van der Waals surface area (Å²) in [6.07, 6.45) is 3.86. The zero-order valence-electron chi connectivity index (χ0n) is 16.6. The summed E-state index contributed by atoms with van der Waals surface area (Å²) in [5.74, 6) is -0.568. The van der Waals surface area contributed by atoms with Gasteiger partial charge >= 0.3 is 5.97 Å². The van der Waals surface area contributed by atoms with E-state index in [-0.39, 0.29) is 24.6 Å². The average Bonchev–Trinajstić information content (AvgIpc) is 2.65. The Morgan fingerprint density at radius 2 is 1.85 bits per heavy atom. The minimum absolute atomic E-state index is 0.116. The lowest BCUT2D eigenvalue weighted by atomic mass is 9.97. The van der Waals surface area contributed by atoms with E-state index in [1.807, 2.05) is 43.0 Å². The van der Waals surface area contributed by atoms with Crippen molar-refractivity contribution in [3.05, 3.63) is 41.1 Å². The molecule has 144 valence electrons. The first-order chi connectivity index (χ1) is 12.9. The van der Waals surface area contributed by atoms with Crippen molar-refractivity contribution < 1.29 is 14.3 Å². The van der Waals surface area contributed by atoms with Crippen molar-refractivity contribution in [1.82, 2.24) is 9.88 Å². The van der Waals surface area contributed by atoms with Crippen molar-refractivity contribution >= 4 is 22.8 Å². The number of piperidine rings is 1.